The van der Waals surface area contributed by atoms with Gasteiger partial charge in [-0.15, -0.1) is 24.0 Å². The highest BCUT2D eigenvalue weighted by molar-refractivity contribution is 14.0. The van der Waals surface area contributed by atoms with Gasteiger partial charge in [0.2, 0.25) is 0 Å². The molecule has 2 rings (SSSR count). The number of nitrogens with zero attached hydrogens (tertiary/aromatic N) is 2. The molecule has 4 nitrogen and oxygen atoms in total. The molecular weight excluding hydrogens is 406 g/mol. The van der Waals surface area contributed by atoms with Crippen molar-refractivity contribution in [3.63, 3.8) is 0 Å². The van der Waals surface area contributed by atoms with Crippen LogP contribution in [0.3, 0.4) is 0 Å². The Morgan fingerprint density at radius 3 is 2.87 bits per heavy atom. The molecule has 0 aromatic heterocycles. The summed E-state index contributed by atoms with van der Waals surface area (Å²) in [5.74, 6) is 1.10. The van der Waals surface area contributed by atoms with Crippen molar-refractivity contribution < 1.29 is 4.39 Å². The first-order valence-electron chi connectivity index (χ1n) is 7.78. The highest BCUT2D eigenvalue weighted by Crippen LogP contribution is 2.23. The van der Waals surface area contributed by atoms with E-state index in [2.05, 4.69) is 22.5 Å². The van der Waals surface area contributed by atoms with Crippen molar-refractivity contribution in [2.45, 2.75) is 45.2 Å². The number of benzene rings is 1. The van der Waals surface area contributed by atoms with Gasteiger partial charge in [-0.3, -0.25) is 4.99 Å². The van der Waals surface area contributed by atoms with Gasteiger partial charge in [0.25, 0.3) is 0 Å². The minimum Gasteiger partial charge on any atom is -0.354 e. The number of hydrogen-bond acceptors (Lipinski definition) is 2. The summed E-state index contributed by atoms with van der Waals surface area (Å²) in [5.41, 5.74) is 0.932. The maximum atomic E-state index is 13.8. The van der Waals surface area contributed by atoms with Gasteiger partial charge in [0, 0.05) is 25.2 Å². The Hall–Kier alpha value is -1.36. The predicted molar refractivity (Wildman–Crippen MR) is 101 cm³/mol. The molecule has 0 aliphatic heterocycles. The van der Waals surface area contributed by atoms with E-state index in [1.165, 1.54) is 25.0 Å². The quantitative estimate of drug-likeness (QED) is 0.438. The Morgan fingerprint density at radius 1 is 1.43 bits per heavy atom. The summed E-state index contributed by atoms with van der Waals surface area (Å²) in [6, 6.07) is 6.83. The molecule has 0 saturated heterocycles. The smallest absolute Gasteiger partial charge is 0.191 e. The van der Waals surface area contributed by atoms with Crippen LogP contribution in [0.5, 0.6) is 0 Å². The number of nitrogens with one attached hydrogen (secondary N) is 2. The number of rotatable bonds is 3. The first kappa shape index (κ1) is 19.7. The Morgan fingerprint density at radius 2 is 2.22 bits per heavy atom. The van der Waals surface area contributed by atoms with Crippen molar-refractivity contribution in [2.75, 3.05) is 7.05 Å². The van der Waals surface area contributed by atoms with Gasteiger partial charge >= 0.3 is 0 Å². The summed E-state index contributed by atoms with van der Waals surface area (Å²) >= 11 is 0. The van der Waals surface area contributed by atoms with E-state index in [1.807, 2.05) is 6.07 Å². The lowest BCUT2D eigenvalue weighted by atomic mass is 9.87. The largest absolute Gasteiger partial charge is 0.354 e. The summed E-state index contributed by atoms with van der Waals surface area (Å²) in [7, 11) is 1.71. The van der Waals surface area contributed by atoms with E-state index in [4.69, 9.17) is 5.26 Å². The Labute approximate surface area is 154 Å². The number of hydrogen-bond donors (Lipinski definition) is 2. The minimum atomic E-state index is -0.312. The summed E-state index contributed by atoms with van der Waals surface area (Å²) < 4.78 is 13.8. The maximum Gasteiger partial charge on any atom is 0.191 e. The van der Waals surface area contributed by atoms with Crippen LogP contribution in [0, 0.1) is 23.1 Å². The fraction of sp³-hybridized carbons (Fsp3) is 0.529. The van der Waals surface area contributed by atoms with Gasteiger partial charge in [0.15, 0.2) is 5.96 Å². The molecule has 23 heavy (non-hydrogen) atoms. The van der Waals surface area contributed by atoms with E-state index in [1.54, 1.807) is 13.1 Å². The van der Waals surface area contributed by atoms with Crippen LogP contribution in [0.15, 0.2) is 23.2 Å². The molecule has 0 bridgehead atoms. The molecule has 1 aliphatic rings. The van der Waals surface area contributed by atoms with Crippen LogP contribution < -0.4 is 10.6 Å². The molecule has 126 valence electrons. The molecule has 0 heterocycles. The molecule has 1 aromatic carbocycles. The first-order valence-corrected chi connectivity index (χ1v) is 7.78. The molecule has 2 atom stereocenters. The fourth-order valence-electron chi connectivity index (χ4n) is 2.91. The van der Waals surface area contributed by atoms with Crippen molar-refractivity contribution in [3.05, 3.63) is 35.1 Å². The second kappa shape index (κ2) is 9.71. The molecule has 1 fully saturated rings. The molecule has 0 amide bonds. The van der Waals surface area contributed by atoms with Crippen LogP contribution in [-0.4, -0.2) is 19.0 Å². The van der Waals surface area contributed by atoms with E-state index in [9.17, 15) is 4.39 Å². The molecule has 1 aliphatic carbocycles. The standard InChI is InChI=1S/C17H23FN4.HI/c1-12-4-3-5-15(8-12)22-17(20-2)21-11-14-9-13(10-19)6-7-16(14)18;/h6-7,9,12,15H,3-5,8,11H2,1-2H3,(H2,20,21,22);1H. The van der Waals surface area contributed by atoms with Crippen molar-refractivity contribution in [3.8, 4) is 6.07 Å². The zero-order chi connectivity index (χ0) is 15.9. The monoisotopic (exact) mass is 430 g/mol. The summed E-state index contributed by atoms with van der Waals surface area (Å²) in [5, 5.41) is 15.4. The van der Waals surface area contributed by atoms with Crippen LogP contribution in [0.25, 0.3) is 0 Å². The first-order chi connectivity index (χ1) is 10.6. The average molecular weight is 430 g/mol. The lowest BCUT2D eigenvalue weighted by Gasteiger charge is -2.28. The van der Waals surface area contributed by atoms with Gasteiger partial charge < -0.3 is 10.6 Å². The number of guanidine groups is 1. The lowest BCUT2D eigenvalue weighted by molar-refractivity contribution is 0.324. The minimum absolute atomic E-state index is 0. The second-order valence-corrected chi connectivity index (χ2v) is 5.96. The van der Waals surface area contributed by atoms with E-state index in [-0.39, 0.29) is 29.8 Å². The van der Waals surface area contributed by atoms with Crippen molar-refractivity contribution in [1.29, 1.82) is 5.26 Å². The molecule has 1 aromatic rings. The highest BCUT2D eigenvalue weighted by Gasteiger charge is 2.19. The van der Waals surface area contributed by atoms with Crippen molar-refractivity contribution in [2.24, 2.45) is 10.9 Å². The third-order valence-electron chi connectivity index (χ3n) is 4.12. The third-order valence-corrected chi connectivity index (χ3v) is 4.12. The van der Waals surface area contributed by atoms with E-state index in [0.29, 0.717) is 29.7 Å². The van der Waals surface area contributed by atoms with Crippen LogP contribution >= 0.6 is 24.0 Å². The Balaban J connectivity index is 0.00000264. The van der Waals surface area contributed by atoms with Gasteiger partial charge in [0.1, 0.15) is 5.82 Å². The van der Waals surface area contributed by atoms with Crippen LogP contribution in [0.1, 0.15) is 43.7 Å². The van der Waals surface area contributed by atoms with Gasteiger partial charge in [-0.05, 0) is 37.0 Å². The number of halogens is 2. The van der Waals surface area contributed by atoms with Gasteiger partial charge in [-0.1, -0.05) is 19.8 Å². The summed E-state index contributed by atoms with van der Waals surface area (Å²) in [4.78, 5) is 4.20. The molecule has 6 heteroatoms. The maximum absolute atomic E-state index is 13.8. The molecule has 1 saturated carbocycles. The topological polar surface area (TPSA) is 60.2 Å². The van der Waals surface area contributed by atoms with Gasteiger partial charge in [0.05, 0.1) is 11.6 Å². The van der Waals surface area contributed by atoms with Gasteiger partial charge in [-0.2, -0.15) is 5.26 Å². The van der Waals surface area contributed by atoms with Crippen LogP contribution in [0.4, 0.5) is 4.39 Å². The Bertz CT molecular complexity index is 582. The fourth-order valence-corrected chi connectivity index (χ4v) is 2.91. The van der Waals surface area contributed by atoms with E-state index >= 15 is 0 Å². The van der Waals surface area contributed by atoms with Gasteiger partial charge in [-0.25, -0.2) is 4.39 Å². The molecule has 0 spiro atoms. The van der Waals surface area contributed by atoms with Crippen LogP contribution in [-0.2, 0) is 6.54 Å². The van der Waals surface area contributed by atoms with Crippen molar-refractivity contribution in [1.82, 2.24) is 10.6 Å². The number of nitriles is 1. The Kier molecular flexibility index (Phi) is 8.31. The zero-order valence-electron chi connectivity index (χ0n) is 13.6. The average Bonchev–Trinajstić information content (AvgIpc) is 2.52. The summed E-state index contributed by atoms with van der Waals surface area (Å²) in [6.45, 7) is 2.58. The number of aliphatic imine (C=N–C) groups is 1. The molecule has 2 N–H and O–H groups in total. The SMILES string of the molecule is CN=C(NCc1cc(C#N)ccc1F)NC1CCCC(C)C1.I. The zero-order valence-corrected chi connectivity index (χ0v) is 15.9. The highest BCUT2D eigenvalue weighted by atomic mass is 127. The van der Waals surface area contributed by atoms with E-state index in [0.717, 1.165) is 18.8 Å². The molecule has 0 radical (unpaired) electrons. The van der Waals surface area contributed by atoms with Crippen molar-refractivity contribution >= 4 is 29.9 Å². The normalized spacial score (nSPS) is 21.0. The third kappa shape index (κ3) is 5.98. The van der Waals surface area contributed by atoms with Crippen LogP contribution in [0.2, 0.25) is 0 Å². The lowest BCUT2D eigenvalue weighted by Crippen LogP contribution is -2.44. The molecule has 2 unspecified atom stereocenters. The predicted octanol–water partition coefficient (Wildman–Crippen LogP) is 3.56. The van der Waals surface area contributed by atoms with E-state index < -0.39 is 0 Å². The summed E-state index contributed by atoms with van der Waals surface area (Å²) in [6.07, 6.45) is 4.80. The molecular formula is C17H24FIN4. The second-order valence-electron chi connectivity index (χ2n) is 5.96.